The first-order chi connectivity index (χ1) is 14.6. The molecule has 0 saturated heterocycles. The third-order valence-corrected chi connectivity index (χ3v) is 4.22. The van der Waals surface area contributed by atoms with Crippen LogP contribution in [0.5, 0.6) is 5.75 Å². The first-order valence-electron chi connectivity index (χ1n) is 9.17. The van der Waals surface area contributed by atoms with Crippen molar-refractivity contribution in [2.24, 2.45) is 0 Å². The Balaban J connectivity index is 1.51. The molecule has 0 bridgehead atoms. The number of anilines is 3. The molecule has 0 saturated carbocycles. The third-order valence-electron chi connectivity index (χ3n) is 4.22. The van der Waals surface area contributed by atoms with Crippen LogP contribution in [0.1, 0.15) is 15.9 Å². The van der Waals surface area contributed by atoms with Crippen molar-refractivity contribution >= 4 is 28.9 Å². The monoisotopic (exact) mass is 400 g/mol. The summed E-state index contributed by atoms with van der Waals surface area (Å²) in [6.45, 7) is 0.0498. The summed E-state index contributed by atoms with van der Waals surface area (Å²) in [6.07, 6.45) is 0. The zero-order valence-electron chi connectivity index (χ0n) is 16.3. The van der Waals surface area contributed by atoms with Crippen molar-refractivity contribution in [3.63, 3.8) is 0 Å². The summed E-state index contributed by atoms with van der Waals surface area (Å²) in [5, 5.41) is 17.4. The number of hydrogen-bond acceptors (Lipinski definition) is 5. The molecule has 7 heteroatoms. The maximum absolute atomic E-state index is 12.4. The molecule has 3 rings (SSSR count). The Morgan fingerprint density at radius 3 is 2.27 bits per heavy atom. The predicted octanol–water partition coefficient (Wildman–Crippen LogP) is 3.87. The van der Waals surface area contributed by atoms with Gasteiger partial charge in [-0.2, -0.15) is 5.26 Å². The highest BCUT2D eigenvalue weighted by molar-refractivity contribution is 6.04. The second-order valence-corrected chi connectivity index (χ2v) is 6.35. The lowest BCUT2D eigenvalue weighted by atomic mass is 10.2. The minimum absolute atomic E-state index is 0.0498. The second kappa shape index (κ2) is 9.75. The van der Waals surface area contributed by atoms with Gasteiger partial charge in [0.1, 0.15) is 5.75 Å². The smallest absolute Gasteiger partial charge is 0.255 e. The van der Waals surface area contributed by atoms with E-state index in [1.165, 1.54) is 0 Å². The zero-order chi connectivity index (χ0) is 21.3. The topological polar surface area (TPSA) is 103 Å². The van der Waals surface area contributed by atoms with Crippen LogP contribution in [0.3, 0.4) is 0 Å². The summed E-state index contributed by atoms with van der Waals surface area (Å²) < 4.78 is 5.09. The SMILES string of the molecule is COc1ccc(NC(=O)c2ccc(NCC(=O)Nc3cccc(C#N)c3)cc2)cc1. The van der Waals surface area contributed by atoms with E-state index in [4.69, 9.17) is 10.00 Å². The summed E-state index contributed by atoms with van der Waals surface area (Å²) in [7, 11) is 1.58. The van der Waals surface area contributed by atoms with Crippen molar-refractivity contribution in [1.82, 2.24) is 0 Å². The van der Waals surface area contributed by atoms with Crippen molar-refractivity contribution in [1.29, 1.82) is 5.26 Å². The molecular weight excluding hydrogens is 380 g/mol. The van der Waals surface area contributed by atoms with Gasteiger partial charge in [0.15, 0.2) is 0 Å². The molecule has 0 aliphatic carbocycles. The summed E-state index contributed by atoms with van der Waals surface area (Å²) in [6, 6.07) is 22.6. The van der Waals surface area contributed by atoms with Gasteiger partial charge in [-0.1, -0.05) is 6.07 Å². The van der Waals surface area contributed by atoms with Gasteiger partial charge in [0.25, 0.3) is 5.91 Å². The number of hydrogen-bond donors (Lipinski definition) is 3. The number of rotatable bonds is 7. The van der Waals surface area contributed by atoms with Crippen LogP contribution >= 0.6 is 0 Å². The van der Waals surface area contributed by atoms with E-state index in [1.807, 2.05) is 6.07 Å². The lowest BCUT2D eigenvalue weighted by Gasteiger charge is -2.09. The van der Waals surface area contributed by atoms with E-state index in [9.17, 15) is 9.59 Å². The van der Waals surface area contributed by atoms with E-state index in [1.54, 1.807) is 79.9 Å². The van der Waals surface area contributed by atoms with Crippen LogP contribution in [-0.2, 0) is 4.79 Å². The Bertz CT molecular complexity index is 1070. The number of methoxy groups -OCH3 is 1. The normalized spacial score (nSPS) is 9.87. The predicted molar refractivity (Wildman–Crippen MR) is 116 cm³/mol. The van der Waals surface area contributed by atoms with Crippen LogP contribution < -0.4 is 20.7 Å². The molecule has 0 aromatic heterocycles. The first kappa shape index (κ1) is 20.4. The molecule has 0 aliphatic heterocycles. The molecule has 3 N–H and O–H groups in total. The van der Waals surface area contributed by atoms with Gasteiger partial charge < -0.3 is 20.7 Å². The molecule has 3 aromatic carbocycles. The fourth-order valence-electron chi connectivity index (χ4n) is 2.67. The standard InChI is InChI=1S/C23H20N4O3/c1-30-21-11-9-19(10-12-21)27-23(29)17-5-7-18(8-6-17)25-15-22(28)26-20-4-2-3-16(13-20)14-24/h2-13,25H,15H2,1H3,(H,26,28)(H,27,29). The van der Waals surface area contributed by atoms with Gasteiger partial charge in [0.05, 0.1) is 25.3 Å². The quantitative estimate of drug-likeness (QED) is 0.559. The van der Waals surface area contributed by atoms with Gasteiger partial charge in [0.2, 0.25) is 5.91 Å². The minimum Gasteiger partial charge on any atom is -0.497 e. The van der Waals surface area contributed by atoms with Crippen LogP contribution in [0.2, 0.25) is 0 Å². The zero-order valence-corrected chi connectivity index (χ0v) is 16.3. The molecule has 30 heavy (non-hydrogen) atoms. The molecular formula is C23H20N4O3. The Hall–Kier alpha value is -4.31. The number of carbonyl (C=O) groups excluding carboxylic acids is 2. The average molecular weight is 400 g/mol. The number of nitrogens with one attached hydrogen (secondary N) is 3. The number of ether oxygens (including phenoxy) is 1. The molecule has 0 radical (unpaired) electrons. The molecule has 0 unspecified atom stereocenters. The highest BCUT2D eigenvalue weighted by Crippen LogP contribution is 2.17. The summed E-state index contributed by atoms with van der Waals surface area (Å²) in [5.41, 5.74) is 2.90. The van der Waals surface area contributed by atoms with Crippen LogP contribution in [0, 0.1) is 11.3 Å². The van der Waals surface area contributed by atoms with E-state index in [2.05, 4.69) is 16.0 Å². The molecule has 150 valence electrons. The van der Waals surface area contributed by atoms with Crippen molar-refractivity contribution < 1.29 is 14.3 Å². The minimum atomic E-state index is -0.244. The van der Waals surface area contributed by atoms with Gasteiger partial charge >= 0.3 is 0 Å². The lowest BCUT2D eigenvalue weighted by Crippen LogP contribution is -2.21. The molecule has 7 nitrogen and oxygen atoms in total. The van der Waals surface area contributed by atoms with Crippen molar-refractivity contribution in [2.45, 2.75) is 0 Å². The van der Waals surface area contributed by atoms with Crippen molar-refractivity contribution in [2.75, 3.05) is 29.6 Å². The first-order valence-corrected chi connectivity index (χ1v) is 9.17. The van der Waals surface area contributed by atoms with E-state index in [-0.39, 0.29) is 18.4 Å². The van der Waals surface area contributed by atoms with E-state index >= 15 is 0 Å². The maximum Gasteiger partial charge on any atom is 0.255 e. The Morgan fingerprint density at radius 1 is 0.900 bits per heavy atom. The fourth-order valence-corrected chi connectivity index (χ4v) is 2.67. The molecule has 0 aliphatic rings. The van der Waals surface area contributed by atoms with Crippen molar-refractivity contribution in [3.05, 3.63) is 83.9 Å². The lowest BCUT2D eigenvalue weighted by molar-refractivity contribution is -0.114. The summed E-state index contributed by atoms with van der Waals surface area (Å²) in [4.78, 5) is 24.4. The van der Waals surface area contributed by atoms with Gasteiger partial charge in [-0.25, -0.2) is 0 Å². The van der Waals surface area contributed by atoms with Gasteiger partial charge in [0, 0.05) is 22.6 Å². The van der Waals surface area contributed by atoms with Gasteiger partial charge in [-0.3, -0.25) is 9.59 Å². The number of carbonyl (C=O) groups is 2. The van der Waals surface area contributed by atoms with E-state index < -0.39 is 0 Å². The number of nitrogens with zero attached hydrogens (tertiary/aromatic N) is 1. The number of nitriles is 1. The van der Waals surface area contributed by atoms with Crippen LogP contribution in [0.15, 0.2) is 72.8 Å². The third kappa shape index (κ3) is 5.59. The van der Waals surface area contributed by atoms with Crippen LogP contribution in [0.25, 0.3) is 0 Å². The molecule has 3 aromatic rings. The van der Waals surface area contributed by atoms with Gasteiger partial charge in [-0.15, -0.1) is 0 Å². The number of benzene rings is 3. The molecule has 2 amide bonds. The molecule has 0 atom stereocenters. The Kier molecular flexibility index (Phi) is 6.64. The van der Waals surface area contributed by atoms with Crippen LogP contribution in [0.4, 0.5) is 17.1 Å². The number of amides is 2. The van der Waals surface area contributed by atoms with Crippen molar-refractivity contribution in [3.8, 4) is 11.8 Å². The fraction of sp³-hybridized carbons (Fsp3) is 0.0870. The van der Waals surface area contributed by atoms with E-state index in [0.29, 0.717) is 33.9 Å². The molecule has 0 spiro atoms. The summed E-state index contributed by atoms with van der Waals surface area (Å²) >= 11 is 0. The largest absolute Gasteiger partial charge is 0.497 e. The van der Waals surface area contributed by atoms with Gasteiger partial charge in [-0.05, 0) is 66.7 Å². The Labute approximate surface area is 174 Å². The average Bonchev–Trinajstić information content (AvgIpc) is 2.78. The second-order valence-electron chi connectivity index (χ2n) is 6.35. The maximum atomic E-state index is 12.4. The Morgan fingerprint density at radius 2 is 1.60 bits per heavy atom. The molecule has 0 fully saturated rings. The molecule has 0 heterocycles. The highest BCUT2D eigenvalue weighted by Gasteiger charge is 2.07. The van der Waals surface area contributed by atoms with Crippen LogP contribution in [-0.4, -0.2) is 25.5 Å². The van der Waals surface area contributed by atoms with E-state index in [0.717, 1.165) is 0 Å². The highest BCUT2D eigenvalue weighted by atomic mass is 16.5. The summed E-state index contributed by atoms with van der Waals surface area (Å²) in [5.74, 6) is 0.235.